The Morgan fingerprint density at radius 2 is 1.46 bits per heavy atom. The first-order valence-electron chi connectivity index (χ1n) is 13.8. The van der Waals surface area contributed by atoms with E-state index in [1.807, 2.05) is 68.5 Å². The molecular formula is C29H37BN4O3. The molecule has 2 N–H and O–H groups in total. The number of fused-ring (bicyclic) bond motifs is 1. The van der Waals surface area contributed by atoms with Crippen molar-refractivity contribution >= 4 is 25.6 Å². The maximum Gasteiger partial charge on any atom is 0.246 e. The fourth-order valence-corrected chi connectivity index (χ4v) is 6.00. The Morgan fingerprint density at radius 1 is 0.838 bits per heavy atom. The number of benzene rings is 2. The highest BCUT2D eigenvalue weighted by Gasteiger charge is 2.44. The molecule has 0 radical (unpaired) electrons. The lowest BCUT2D eigenvalue weighted by atomic mass is 9.90. The quantitative estimate of drug-likeness (QED) is 0.570. The zero-order valence-corrected chi connectivity index (χ0v) is 21.6. The fourth-order valence-electron chi connectivity index (χ4n) is 6.00. The number of hydrogen-bond donors (Lipinski definition) is 2. The lowest BCUT2D eigenvalue weighted by Crippen LogP contribution is -2.60. The van der Waals surface area contributed by atoms with Gasteiger partial charge < -0.3 is 15.5 Å². The van der Waals surface area contributed by atoms with E-state index in [4.69, 9.17) is 0 Å². The number of rotatable bonds is 7. The van der Waals surface area contributed by atoms with Gasteiger partial charge in [-0.1, -0.05) is 73.5 Å². The average molecular weight is 500 g/mol. The van der Waals surface area contributed by atoms with Crippen molar-refractivity contribution in [2.24, 2.45) is 0 Å². The molecular weight excluding hydrogens is 463 g/mol. The normalized spacial score (nSPS) is 24.9. The molecule has 7 nitrogen and oxygen atoms in total. The molecule has 3 heterocycles. The highest BCUT2D eigenvalue weighted by molar-refractivity contribution is 6.24. The number of nitrogens with zero attached hydrogens (tertiary/aromatic N) is 2. The first-order valence-corrected chi connectivity index (χ1v) is 13.8. The van der Waals surface area contributed by atoms with Crippen LogP contribution >= 0.6 is 0 Å². The van der Waals surface area contributed by atoms with Crippen molar-refractivity contribution in [1.82, 2.24) is 20.4 Å². The molecule has 0 spiro atoms. The molecule has 5 rings (SSSR count). The minimum absolute atomic E-state index is 0.0441. The van der Waals surface area contributed by atoms with Crippen LogP contribution in [0.4, 0.5) is 0 Å². The summed E-state index contributed by atoms with van der Waals surface area (Å²) in [5, 5.41) is 6.30. The summed E-state index contributed by atoms with van der Waals surface area (Å²) < 4.78 is 0. The predicted molar refractivity (Wildman–Crippen MR) is 145 cm³/mol. The first-order chi connectivity index (χ1) is 18.0. The van der Waals surface area contributed by atoms with E-state index in [0.29, 0.717) is 12.8 Å². The van der Waals surface area contributed by atoms with Gasteiger partial charge in [0.25, 0.3) is 0 Å². The lowest BCUT2D eigenvalue weighted by Gasteiger charge is -2.38. The van der Waals surface area contributed by atoms with Gasteiger partial charge in [0.1, 0.15) is 19.9 Å². The summed E-state index contributed by atoms with van der Waals surface area (Å²) in [6, 6.07) is 18.5. The molecule has 3 aliphatic heterocycles. The summed E-state index contributed by atoms with van der Waals surface area (Å²) in [5.74, 6) is -0.572. The molecule has 3 aliphatic rings. The second kappa shape index (κ2) is 11.5. The van der Waals surface area contributed by atoms with E-state index >= 15 is 0 Å². The third kappa shape index (κ3) is 5.59. The number of likely N-dealkylation sites (tertiary alicyclic amines) is 1. The van der Waals surface area contributed by atoms with Gasteiger partial charge >= 0.3 is 0 Å². The summed E-state index contributed by atoms with van der Waals surface area (Å²) >= 11 is 0. The van der Waals surface area contributed by atoms with Gasteiger partial charge in [0.2, 0.25) is 17.7 Å². The number of carbonyl (C=O) groups excluding carboxylic acids is 3. The molecule has 0 aromatic heterocycles. The molecule has 37 heavy (non-hydrogen) atoms. The zero-order valence-electron chi connectivity index (χ0n) is 21.6. The van der Waals surface area contributed by atoms with Crippen molar-refractivity contribution in [3.8, 4) is 0 Å². The number of hydrogen-bond acceptors (Lipinski definition) is 4. The van der Waals surface area contributed by atoms with E-state index in [9.17, 15) is 14.4 Å². The second-order valence-corrected chi connectivity index (χ2v) is 10.7. The van der Waals surface area contributed by atoms with Gasteiger partial charge in [-0.15, -0.1) is 0 Å². The molecule has 3 fully saturated rings. The topological polar surface area (TPSA) is 81.8 Å². The molecule has 2 aromatic rings. The van der Waals surface area contributed by atoms with Gasteiger partial charge in [-0.3, -0.25) is 19.3 Å². The first kappa shape index (κ1) is 25.5. The average Bonchev–Trinajstić information content (AvgIpc) is 3.31. The van der Waals surface area contributed by atoms with Crippen molar-refractivity contribution in [2.45, 2.75) is 75.1 Å². The summed E-state index contributed by atoms with van der Waals surface area (Å²) in [4.78, 5) is 44.5. The minimum atomic E-state index is -0.577. The van der Waals surface area contributed by atoms with Crippen LogP contribution in [0.2, 0.25) is 0 Å². The Morgan fingerprint density at radius 3 is 2.05 bits per heavy atom. The SMILES string of the molecule is B[C@H](C(=O)N[C@H]1CCCC[C@H]2CC[C@@H](C(=O)NC(c3ccccc3)c3ccccc3)N2C1=O)N1CCC1. The van der Waals surface area contributed by atoms with Crippen molar-refractivity contribution in [3.05, 3.63) is 71.8 Å². The van der Waals surface area contributed by atoms with Crippen molar-refractivity contribution < 1.29 is 14.4 Å². The fraction of sp³-hybridized carbons (Fsp3) is 0.483. The molecule has 0 unspecified atom stereocenters. The van der Waals surface area contributed by atoms with Gasteiger partial charge in [0.05, 0.1) is 12.0 Å². The maximum atomic E-state index is 13.8. The van der Waals surface area contributed by atoms with E-state index in [1.54, 1.807) is 4.90 Å². The van der Waals surface area contributed by atoms with Crippen molar-refractivity contribution in [2.75, 3.05) is 13.1 Å². The molecule has 4 atom stereocenters. The van der Waals surface area contributed by atoms with E-state index in [2.05, 4.69) is 15.5 Å². The monoisotopic (exact) mass is 500 g/mol. The summed E-state index contributed by atoms with van der Waals surface area (Å²) in [5.41, 5.74) is 2.00. The molecule has 3 amide bonds. The van der Waals surface area contributed by atoms with Gasteiger partial charge in [0, 0.05) is 6.04 Å². The zero-order chi connectivity index (χ0) is 25.8. The van der Waals surface area contributed by atoms with Crippen LogP contribution in [-0.2, 0) is 14.4 Å². The lowest BCUT2D eigenvalue weighted by molar-refractivity contribution is -0.144. The van der Waals surface area contributed by atoms with Crippen LogP contribution < -0.4 is 10.6 Å². The van der Waals surface area contributed by atoms with Gasteiger partial charge in [-0.05, 0) is 56.3 Å². The molecule has 0 aliphatic carbocycles. The molecule has 0 saturated carbocycles. The van der Waals surface area contributed by atoms with Crippen LogP contribution in [0.15, 0.2) is 60.7 Å². The molecule has 8 heteroatoms. The van der Waals surface area contributed by atoms with Crippen LogP contribution in [0, 0.1) is 0 Å². The van der Waals surface area contributed by atoms with E-state index in [-0.39, 0.29) is 35.7 Å². The van der Waals surface area contributed by atoms with Crippen LogP contribution in [0.3, 0.4) is 0 Å². The Labute approximate surface area is 220 Å². The van der Waals surface area contributed by atoms with Gasteiger partial charge in [-0.25, -0.2) is 0 Å². The summed E-state index contributed by atoms with van der Waals surface area (Å²) in [6.07, 6.45) is 5.98. The van der Waals surface area contributed by atoms with Crippen molar-refractivity contribution in [1.29, 1.82) is 0 Å². The minimum Gasteiger partial charge on any atom is -0.344 e. The van der Waals surface area contributed by atoms with Crippen LogP contribution in [0.1, 0.15) is 62.1 Å². The smallest absolute Gasteiger partial charge is 0.246 e. The largest absolute Gasteiger partial charge is 0.344 e. The Bertz CT molecular complexity index is 1060. The second-order valence-electron chi connectivity index (χ2n) is 10.7. The molecule has 0 bridgehead atoms. The standard InChI is InChI=1S/C29H37BN4O3/c30-26(33-18-9-19-33)28(36)31-23-15-8-7-14-22-16-17-24(34(22)29(23)37)27(35)32-25(20-10-3-1-4-11-20)21-12-5-2-6-13-21/h1-6,10-13,22-26H,7-9,14-19,30H2,(H,31,36)(H,32,35)/t22-,23-,24-,26-/m0/s1. The molecule has 3 saturated heterocycles. The van der Waals surface area contributed by atoms with E-state index in [1.165, 1.54) is 0 Å². The summed E-state index contributed by atoms with van der Waals surface area (Å²) in [7, 11) is 1.91. The summed E-state index contributed by atoms with van der Waals surface area (Å²) in [6.45, 7) is 1.85. The van der Waals surface area contributed by atoms with Crippen molar-refractivity contribution in [3.63, 3.8) is 0 Å². The van der Waals surface area contributed by atoms with Crippen LogP contribution in [-0.4, -0.2) is 72.5 Å². The Hall–Kier alpha value is -3.13. The van der Waals surface area contributed by atoms with Gasteiger partial charge in [-0.2, -0.15) is 0 Å². The Balaban J connectivity index is 1.34. The molecule has 194 valence electrons. The third-order valence-electron chi connectivity index (χ3n) is 8.32. The van der Waals surface area contributed by atoms with E-state index < -0.39 is 12.1 Å². The number of carbonyl (C=O) groups is 3. The number of amides is 3. The van der Waals surface area contributed by atoms with Gasteiger partial charge in [0.15, 0.2) is 0 Å². The maximum absolute atomic E-state index is 13.8. The number of nitrogens with one attached hydrogen (secondary N) is 2. The Kier molecular flexibility index (Phi) is 7.94. The molecule has 2 aromatic carbocycles. The van der Waals surface area contributed by atoms with Crippen LogP contribution in [0.25, 0.3) is 0 Å². The highest BCUT2D eigenvalue weighted by atomic mass is 16.2. The third-order valence-corrected chi connectivity index (χ3v) is 8.32. The van der Waals surface area contributed by atoms with E-state index in [0.717, 1.165) is 56.3 Å². The highest BCUT2D eigenvalue weighted by Crippen LogP contribution is 2.32. The predicted octanol–water partition coefficient (Wildman–Crippen LogP) is 1.98. The van der Waals surface area contributed by atoms with Crippen LogP contribution in [0.5, 0.6) is 0 Å².